The van der Waals surface area contributed by atoms with Crippen LogP contribution in [-0.4, -0.2) is 59.9 Å². The first-order valence-electron chi connectivity index (χ1n) is 7.04. The summed E-state index contributed by atoms with van der Waals surface area (Å²) >= 11 is 0. The summed E-state index contributed by atoms with van der Waals surface area (Å²) in [5.41, 5.74) is -0.215. The zero-order valence-electron chi connectivity index (χ0n) is 13.2. The van der Waals surface area contributed by atoms with Crippen molar-refractivity contribution in [3.8, 4) is 12.3 Å². The van der Waals surface area contributed by atoms with E-state index in [0.717, 1.165) is 12.5 Å². The number of piperazine rings is 1. The van der Waals surface area contributed by atoms with Crippen molar-refractivity contribution in [2.45, 2.75) is 45.7 Å². The van der Waals surface area contributed by atoms with E-state index in [-0.39, 0.29) is 17.5 Å². The van der Waals surface area contributed by atoms with Gasteiger partial charge in [-0.2, -0.15) is 0 Å². The van der Waals surface area contributed by atoms with Crippen LogP contribution in [-0.2, 0) is 4.79 Å². The number of carbonyl (C=O) groups excluding carboxylic acids is 1. The molecule has 0 saturated carbocycles. The number of carbonyl (C=O) groups is 1. The Morgan fingerprint density at radius 3 is 2.65 bits per heavy atom. The van der Waals surface area contributed by atoms with Crippen molar-refractivity contribution in [3.05, 3.63) is 0 Å². The minimum absolute atomic E-state index is 0.135. The second-order valence-corrected chi connectivity index (χ2v) is 5.95. The van der Waals surface area contributed by atoms with E-state index in [9.17, 15) is 4.79 Å². The highest BCUT2D eigenvalue weighted by Gasteiger charge is 2.40. The Morgan fingerprint density at radius 2 is 2.20 bits per heavy atom. The third-order valence-electron chi connectivity index (χ3n) is 3.40. The number of terminal acetylenes is 1. The fourth-order valence-electron chi connectivity index (χ4n) is 2.89. The third-order valence-corrected chi connectivity index (χ3v) is 3.40. The van der Waals surface area contributed by atoms with Crippen LogP contribution in [0.3, 0.4) is 0 Å². The van der Waals surface area contributed by atoms with Crippen LogP contribution in [0.1, 0.15) is 34.1 Å². The summed E-state index contributed by atoms with van der Waals surface area (Å²) < 4.78 is 0. The van der Waals surface area contributed by atoms with E-state index in [1.54, 1.807) is 7.05 Å². The molecule has 5 heteroatoms. The van der Waals surface area contributed by atoms with Crippen LogP contribution in [0.2, 0.25) is 0 Å². The Labute approximate surface area is 122 Å². The Hall–Kier alpha value is -1.70. The van der Waals surface area contributed by atoms with Crippen molar-refractivity contribution in [3.63, 3.8) is 0 Å². The lowest BCUT2D eigenvalue weighted by Gasteiger charge is -2.49. The molecule has 1 aliphatic rings. The number of aliphatic imine (C=N–C) groups is 1. The first-order valence-corrected chi connectivity index (χ1v) is 7.04. The molecule has 0 spiro atoms. The molecule has 1 N–H and O–H groups in total. The predicted octanol–water partition coefficient (Wildman–Crippen LogP) is 0.916. The third kappa shape index (κ3) is 3.66. The van der Waals surface area contributed by atoms with Crippen LogP contribution in [0.15, 0.2) is 4.99 Å². The van der Waals surface area contributed by atoms with Crippen LogP contribution < -0.4 is 5.32 Å². The van der Waals surface area contributed by atoms with Crippen molar-refractivity contribution in [2.75, 3.05) is 26.7 Å². The molecule has 0 aliphatic carbocycles. The van der Waals surface area contributed by atoms with Crippen molar-refractivity contribution in [2.24, 2.45) is 4.99 Å². The summed E-state index contributed by atoms with van der Waals surface area (Å²) in [6.45, 7) is 10.1. The van der Waals surface area contributed by atoms with Gasteiger partial charge in [0.2, 0.25) is 5.91 Å². The molecule has 1 saturated heterocycles. The highest BCUT2D eigenvalue weighted by molar-refractivity contribution is 5.88. The Morgan fingerprint density at radius 1 is 1.55 bits per heavy atom. The van der Waals surface area contributed by atoms with E-state index < -0.39 is 0 Å². The lowest BCUT2D eigenvalue weighted by Crippen LogP contribution is -2.66. The Bertz CT molecular complexity index is 420. The van der Waals surface area contributed by atoms with E-state index in [4.69, 9.17) is 6.42 Å². The zero-order chi connectivity index (χ0) is 15.3. The molecular weight excluding hydrogens is 252 g/mol. The number of nitrogens with zero attached hydrogens (tertiary/aromatic N) is 3. The SMILES string of the molecule is C#CCCNC(=NC)N1CC(=O)N(C(C)C)C(C)(C)C1. The number of guanidine groups is 1. The van der Waals surface area contributed by atoms with E-state index in [1.165, 1.54) is 0 Å². The summed E-state index contributed by atoms with van der Waals surface area (Å²) in [7, 11) is 1.73. The van der Waals surface area contributed by atoms with Gasteiger partial charge in [-0.05, 0) is 27.7 Å². The van der Waals surface area contributed by atoms with Crippen LogP contribution in [0.25, 0.3) is 0 Å². The second kappa shape index (κ2) is 6.65. The molecule has 0 aromatic heterocycles. The van der Waals surface area contributed by atoms with Crippen LogP contribution in [0.4, 0.5) is 0 Å². The summed E-state index contributed by atoms with van der Waals surface area (Å²) in [5.74, 6) is 3.46. The van der Waals surface area contributed by atoms with Gasteiger partial charge >= 0.3 is 0 Å². The molecule has 20 heavy (non-hydrogen) atoms. The molecule has 1 fully saturated rings. The largest absolute Gasteiger partial charge is 0.355 e. The molecule has 1 amide bonds. The van der Waals surface area contributed by atoms with E-state index in [0.29, 0.717) is 19.5 Å². The van der Waals surface area contributed by atoms with Crippen LogP contribution >= 0.6 is 0 Å². The molecule has 0 radical (unpaired) electrons. The molecule has 1 heterocycles. The van der Waals surface area contributed by atoms with Gasteiger partial charge in [0.05, 0.1) is 12.1 Å². The molecular formula is C15H26N4O. The normalized spacial score (nSPS) is 19.2. The standard InChI is InChI=1S/C15H26N4O/c1-7-8-9-17-14(16-6)18-10-13(20)19(12(2)3)15(4,5)11-18/h1,12H,8-11H2,2-6H3,(H,16,17). The number of nitrogens with one attached hydrogen (secondary N) is 1. The maximum absolute atomic E-state index is 12.4. The highest BCUT2D eigenvalue weighted by atomic mass is 16.2. The predicted molar refractivity (Wildman–Crippen MR) is 82.4 cm³/mol. The summed E-state index contributed by atoms with van der Waals surface area (Å²) in [6.07, 6.45) is 5.89. The highest BCUT2D eigenvalue weighted by Crippen LogP contribution is 2.24. The first kappa shape index (κ1) is 16.4. The lowest BCUT2D eigenvalue weighted by molar-refractivity contribution is -0.145. The fourth-order valence-corrected chi connectivity index (χ4v) is 2.89. The van der Waals surface area contributed by atoms with Crippen molar-refractivity contribution in [1.82, 2.24) is 15.1 Å². The van der Waals surface area contributed by atoms with E-state index in [1.807, 2.05) is 9.80 Å². The average molecular weight is 278 g/mol. The fraction of sp³-hybridized carbons (Fsp3) is 0.733. The second-order valence-electron chi connectivity index (χ2n) is 5.95. The Kier molecular flexibility index (Phi) is 5.43. The first-order chi connectivity index (χ1) is 9.33. The van der Waals surface area contributed by atoms with Gasteiger partial charge in [-0.15, -0.1) is 12.3 Å². The molecule has 112 valence electrons. The van der Waals surface area contributed by atoms with Gasteiger partial charge in [-0.1, -0.05) is 0 Å². The molecule has 5 nitrogen and oxygen atoms in total. The van der Waals surface area contributed by atoms with Crippen LogP contribution in [0, 0.1) is 12.3 Å². The van der Waals surface area contributed by atoms with Gasteiger partial charge < -0.3 is 15.1 Å². The summed E-state index contributed by atoms with van der Waals surface area (Å²) in [5, 5.41) is 3.21. The van der Waals surface area contributed by atoms with Crippen molar-refractivity contribution < 1.29 is 4.79 Å². The van der Waals surface area contributed by atoms with Crippen molar-refractivity contribution in [1.29, 1.82) is 0 Å². The summed E-state index contributed by atoms with van der Waals surface area (Å²) in [4.78, 5) is 20.6. The number of rotatable bonds is 3. The number of amides is 1. The monoisotopic (exact) mass is 278 g/mol. The Balaban J connectivity index is 2.80. The van der Waals surface area contributed by atoms with Gasteiger partial charge in [0, 0.05) is 32.6 Å². The molecule has 0 bridgehead atoms. The molecule has 0 aromatic rings. The average Bonchev–Trinajstić information content (AvgIpc) is 2.32. The van der Waals surface area contributed by atoms with E-state index in [2.05, 4.69) is 43.9 Å². The maximum Gasteiger partial charge on any atom is 0.242 e. The molecule has 0 aromatic carbocycles. The summed E-state index contributed by atoms with van der Waals surface area (Å²) in [6, 6.07) is 0.205. The minimum Gasteiger partial charge on any atom is -0.355 e. The maximum atomic E-state index is 12.4. The topological polar surface area (TPSA) is 47.9 Å². The number of hydrogen-bond acceptors (Lipinski definition) is 2. The van der Waals surface area contributed by atoms with Gasteiger partial charge in [0.15, 0.2) is 5.96 Å². The molecule has 1 rings (SSSR count). The quantitative estimate of drug-likeness (QED) is 0.361. The lowest BCUT2D eigenvalue weighted by atomic mass is 9.96. The molecule has 0 atom stereocenters. The molecule has 1 aliphatic heterocycles. The number of hydrogen-bond donors (Lipinski definition) is 1. The minimum atomic E-state index is -0.215. The van der Waals surface area contributed by atoms with E-state index >= 15 is 0 Å². The van der Waals surface area contributed by atoms with Gasteiger partial charge in [-0.3, -0.25) is 9.79 Å². The van der Waals surface area contributed by atoms with Gasteiger partial charge in [0.25, 0.3) is 0 Å². The zero-order valence-corrected chi connectivity index (χ0v) is 13.2. The van der Waals surface area contributed by atoms with Crippen molar-refractivity contribution >= 4 is 11.9 Å². The van der Waals surface area contributed by atoms with Crippen LogP contribution in [0.5, 0.6) is 0 Å². The smallest absolute Gasteiger partial charge is 0.242 e. The van der Waals surface area contributed by atoms with Gasteiger partial charge in [0.1, 0.15) is 0 Å². The van der Waals surface area contributed by atoms with Gasteiger partial charge in [-0.25, -0.2) is 0 Å². The molecule has 0 unspecified atom stereocenters.